The lowest BCUT2D eigenvalue weighted by Gasteiger charge is -2.18. The highest BCUT2D eigenvalue weighted by molar-refractivity contribution is 6.36. The second-order valence-corrected chi connectivity index (χ2v) is 5.14. The lowest BCUT2D eigenvalue weighted by molar-refractivity contribution is 0.671. The first-order valence-corrected chi connectivity index (χ1v) is 6.77. The number of halogens is 1. The van der Waals surface area contributed by atoms with Crippen LogP contribution in [0.1, 0.15) is 36.6 Å². The lowest BCUT2D eigenvalue weighted by atomic mass is 9.94. The van der Waals surface area contributed by atoms with Gasteiger partial charge in [0.1, 0.15) is 0 Å². The number of aryl methyl sites for hydroxylation is 2. The average Bonchev–Trinajstić information content (AvgIpc) is 2.39. The third kappa shape index (κ3) is 1.83. The van der Waals surface area contributed by atoms with Gasteiger partial charge in [0.15, 0.2) is 0 Å². The lowest BCUT2D eigenvalue weighted by Crippen LogP contribution is -2.06. The molecule has 17 heavy (non-hydrogen) atoms. The molecule has 2 heteroatoms. The second kappa shape index (κ2) is 4.30. The third-order valence-electron chi connectivity index (χ3n) is 3.66. The number of pyridine rings is 1. The zero-order valence-electron chi connectivity index (χ0n) is 10.1. The summed E-state index contributed by atoms with van der Waals surface area (Å²) in [5, 5.41) is 2.08. The van der Waals surface area contributed by atoms with Crippen molar-refractivity contribution in [1.29, 1.82) is 0 Å². The minimum atomic E-state index is 0.944. The van der Waals surface area contributed by atoms with E-state index in [1.807, 2.05) is 0 Å². The fourth-order valence-corrected chi connectivity index (χ4v) is 2.99. The van der Waals surface area contributed by atoms with Crippen molar-refractivity contribution in [1.82, 2.24) is 4.98 Å². The largest absolute Gasteiger partial charge is 0.252 e. The number of hydrogen-bond acceptors (Lipinski definition) is 1. The molecule has 2 aromatic rings. The van der Waals surface area contributed by atoms with Crippen molar-refractivity contribution in [2.24, 2.45) is 0 Å². The first-order valence-electron chi connectivity index (χ1n) is 6.39. The Balaban J connectivity index is 2.28. The predicted molar refractivity (Wildman–Crippen MR) is 72.8 cm³/mol. The Morgan fingerprint density at radius 1 is 1.24 bits per heavy atom. The number of aromatic nitrogens is 1. The highest BCUT2D eigenvalue weighted by Crippen LogP contribution is 2.33. The van der Waals surface area contributed by atoms with Crippen LogP contribution >= 0.6 is 11.6 Å². The molecule has 0 atom stereocenters. The van der Waals surface area contributed by atoms with Crippen molar-refractivity contribution in [2.45, 2.75) is 39.0 Å². The van der Waals surface area contributed by atoms with Gasteiger partial charge in [-0.15, -0.1) is 0 Å². The Morgan fingerprint density at radius 3 is 2.88 bits per heavy atom. The van der Waals surface area contributed by atoms with E-state index in [9.17, 15) is 0 Å². The van der Waals surface area contributed by atoms with Crippen molar-refractivity contribution >= 4 is 22.5 Å². The van der Waals surface area contributed by atoms with E-state index in [0.717, 1.165) is 35.2 Å². The molecule has 0 saturated carbocycles. The van der Waals surface area contributed by atoms with Crippen LogP contribution in [-0.4, -0.2) is 4.98 Å². The summed E-state index contributed by atoms with van der Waals surface area (Å²) in [6.07, 6.45) is 5.71. The normalized spacial score (nSPS) is 14.9. The maximum absolute atomic E-state index is 6.55. The fraction of sp³-hybridized carbons (Fsp3) is 0.400. The SMILES string of the molecule is CCc1ccc2nc3c(c(Cl)c2c1)CCCC3. The molecule has 1 heterocycles. The Labute approximate surface area is 107 Å². The van der Waals surface area contributed by atoms with Crippen LogP contribution < -0.4 is 0 Å². The standard InChI is InChI=1S/C15H16ClN/c1-2-10-7-8-14-12(9-10)15(16)11-5-3-4-6-13(11)17-14/h7-9H,2-6H2,1H3. The van der Waals surface area contributed by atoms with Gasteiger partial charge in [-0.3, -0.25) is 4.98 Å². The number of benzene rings is 1. The molecule has 0 fully saturated rings. The summed E-state index contributed by atoms with van der Waals surface area (Å²) in [4.78, 5) is 4.77. The molecule has 1 aliphatic carbocycles. The average molecular weight is 246 g/mol. The summed E-state index contributed by atoms with van der Waals surface area (Å²) >= 11 is 6.55. The molecular weight excluding hydrogens is 230 g/mol. The molecule has 0 N–H and O–H groups in total. The molecule has 1 aromatic heterocycles. The summed E-state index contributed by atoms with van der Waals surface area (Å²) in [7, 11) is 0. The van der Waals surface area contributed by atoms with Crippen LogP contribution in [0.15, 0.2) is 18.2 Å². The number of hydrogen-bond donors (Lipinski definition) is 0. The minimum Gasteiger partial charge on any atom is -0.252 e. The first kappa shape index (κ1) is 11.0. The van der Waals surface area contributed by atoms with Gasteiger partial charge in [0, 0.05) is 11.1 Å². The molecule has 0 spiro atoms. The molecule has 1 nitrogen and oxygen atoms in total. The topological polar surface area (TPSA) is 12.9 Å². The summed E-state index contributed by atoms with van der Waals surface area (Å²) in [6, 6.07) is 6.45. The van der Waals surface area contributed by atoms with Crippen molar-refractivity contribution in [3.63, 3.8) is 0 Å². The molecule has 1 aromatic carbocycles. The number of rotatable bonds is 1. The molecule has 3 rings (SSSR count). The maximum atomic E-state index is 6.55. The molecule has 0 saturated heterocycles. The van der Waals surface area contributed by atoms with Crippen LogP contribution in [0, 0.1) is 0 Å². The van der Waals surface area contributed by atoms with Gasteiger partial charge in [-0.2, -0.15) is 0 Å². The van der Waals surface area contributed by atoms with E-state index in [4.69, 9.17) is 16.6 Å². The maximum Gasteiger partial charge on any atom is 0.0720 e. The van der Waals surface area contributed by atoms with Gasteiger partial charge in [0.25, 0.3) is 0 Å². The van der Waals surface area contributed by atoms with Crippen LogP contribution in [-0.2, 0) is 19.3 Å². The number of fused-ring (bicyclic) bond motifs is 2. The summed E-state index contributed by atoms with van der Waals surface area (Å²) in [5.74, 6) is 0. The van der Waals surface area contributed by atoms with Crippen LogP contribution in [0.2, 0.25) is 5.02 Å². The van der Waals surface area contributed by atoms with Gasteiger partial charge in [0.05, 0.1) is 10.5 Å². The third-order valence-corrected chi connectivity index (χ3v) is 4.10. The Hall–Kier alpha value is -1.08. The van der Waals surface area contributed by atoms with E-state index < -0.39 is 0 Å². The van der Waals surface area contributed by atoms with Gasteiger partial charge >= 0.3 is 0 Å². The Morgan fingerprint density at radius 2 is 2.06 bits per heavy atom. The number of nitrogens with zero attached hydrogens (tertiary/aromatic N) is 1. The van der Waals surface area contributed by atoms with Crippen molar-refractivity contribution in [3.05, 3.63) is 40.0 Å². The van der Waals surface area contributed by atoms with E-state index in [0.29, 0.717) is 0 Å². The van der Waals surface area contributed by atoms with E-state index in [2.05, 4.69) is 25.1 Å². The van der Waals surface area contributed by atoms with Gasteiger partial charge in [0.2, 0.25) is 0 Å². The zero-order valence-corrected chi connectivity index (χ0v) is 10.8. The molecule has 0 aliphatic heterocycles. The molecule has 1 aliphatic rings. The highest BCUT2D eigenvalue weighted by atomic mass is 35.5. The van der Waals surface area contributed by atoms with E-state index in [-0.39, 0.29) is 0 Å². The van der Waals surface area contributed by atoms with Crippen LogP contribution in [0.5, 0.6) is 0 Å². The Kier molecular flexibility index (Phi) is 2.79. The predicted octanol–water partition coefficient (Wildman–Crippen LogP) is 4.33. The smallest absolute Gasteiger partial charge is 0.0720 e. The van der Waals surface area contributed by atoms with Gasteiger partial charge < -0.3 is 0 Å². The van der Waals surface area contributed by atoms with Crippen molar-refractivity contribution in [3.8, 4) is 0 Å². The van der Waals surface area contributed by atoms with Crippen LogP contribution in [0.4, 0.5) is 0 Å². The van der Waals surface area contributed by atoms with Gasteiger partial charge in [-0.05, 0) is 55.4 Å². The molecule has 0 radical (unpaired) electrons. The molecular formula is C15H16ClN. The summed E-state index contributed by atoms with van der Waals surface area (Å²) in [5.41, 5.74) is 4.89. The van der Waals surface area contributed by atoms with E-state index >= 15 is 0 Å². The van der Waals surface area contributed by atoms with Crippen molar-refractivity contribution in [2.75, 3.05) is 0 Å². The van der Waals surface area contributed by atoms with Gasteiger partial charge in [-0.25, -0.2) is 0 Å². The van der Waals surface area contributed by atoms with Crippen LogP contribution in [0.3, 0.4) is 0 Å². The summed E-state index contributed by atoms with van der Waals surface area (Å²) in [6.45, 7) is 2.17. The van der Waals surface area contributed by atoms with Crippen LogP contribution in [0.25, 0.3) is 10.9 Å². The molecule has 0 unspecified atom stereocenters. The fourth-order valence-electron chi connectivity index (χ4n) is 2.63. The minimum absolute atomic E-state index is 0.944. The van der Waals surface area contributed by atoms with E-state index in [1.54, 1.807) is 0 Å². The molecule has 88 valence electrons. The zero-order chi connectivity index (χ0) is 11.8. The second-order valence-electron chi connectivity index (χ2n) is 4.76. The van der Waals surface area contributed by atoms with Crippen molar-refractivity contribution < 1.29 is 0 Å². The Bertz CT molecular complexity index is 575. The molecule has 0 bridgehead atoms. The van der Waals surface area contributed by atoms with E-state index in [1.165, 1.54) is 29.7 Å². The first-order chi connectivity index (χ1) is 8.29. The highest BCUT2D eigenvalue weighted by Gasteiger charge is 2.16. The quantitative estimate of drug-likeness (QED) is 0.729. The summed E-state index contributed by atoms with van der Waals surface area (Å²) < 4.78 is 0. The monoisotopic (exact) mass is 245 g/mol. The molecule has 0 amide bonds. The van der Waals surface area contributed by atoms with Gasteiger partial charge in [-0.1, -0.05) is 24.6 Å².